The minimum absolute atomic E-state index is 0.119. The van der Waals surface area contributed by atoms with Gasteiger partial charge in [-0.15, -0.1) is 0 Å². The lowest BCUT2D eigenvalue weighted by Crippen LogP contribution is -2.49. The summed E-state index contributed by atoms with van der Waals surface area (Å²) in [6.07, 6.45) is 0.985. The molecule has 1 saturated heterocycles. The zero-order valence-corrected chi connectivity index (χ0v) is 17.5. The van der Waals surface area contributed by atoms with E-state index in [1.165, 1.54) is 5.56 Å². The van der Waals surface area contributed by atoms with E-state index in [1.807, 2.05) is 47.4 Å². The maximum Gasteiger partial charge on any atom is 0.253 e. The number of hydrogen-bond donors (Lipinski definition) is 0. The molecule has 1 aliphatic rings. The Bertz CT molecular complexity index is 799. The van der Waals surface area contributed by atoms with E-state index in [0.29, 0.717) is 18.1 Å². The molecule has 1 fully saturated rings. The lowest BCUT2D eigenvalue weighted by Gasteiger charge is -2.34. The van der Waals surface area contributed by atoms with Crippen LogP contribution in [0.4, 0.5) is 0 Å². The van der Waals surface area contributed by atoms with Crippen molar-refractivity contribution in [2.45, 2.75) is 13.3 Å². The first-order valence-electron chi connectivity index (χ1n) is 10.1. The minimum Gasteiger partial charge on any atom is -0.493 e. The summed E-state index contributed by atoms with van der Waals surface area (Å²) in [4.78, 5) is 16.9. The third-order valence-corrected chi connectivity index (χ3v) is 5.30. The fraction of sp³-hybridized carbons (Fsp3) is 0.435. The number of nitrogens with zero attached hydrogens (tertiary/aromatic N) is 2. The number of carbonyl (C=O) groups is 1. The molecule has 0 N–H and O–H groups in total. The molecule has 3 rings (SSSR count). The number of piperazine rings is 1. The summed E-state index contributed by atoms with van der Waals surface area (Å²) in [7, 11) is 3.23. The lowest BCUT2D eigenvalue weighted by atomic mass is 10.1. The van der Waals surface area contributed by atoms with Crippen molar-refractivity contribution in [3.63, 3.8) is 0 Å². The predicted octanol–water partition coefficient (Wildman–Crippen LogP) is 3.10. The first kappa shape index (κ1) is 21.0. The fourth-order valence-electron chi connectivity index (χ4n) is 3.44. The van der Waals surface area contributed by atoms with Gasteiger partial charge in [-0.1, -0.05) is 19.1 Å². The molecule has 156 valence electrons. The van der Waals surface area contributed by atoms with E-state index < -0.39 is 0 Å². The van der Waals surface area contributed by atoms with Crippen molar-refractivity contribution in [1.82, 2.24) is 9.80 Å². The number of methoxy groups -OCH3 is 2. The fourth-order valence-corrected chi connectivity index (χ4v) is 3.44. The summed E-state index contributed by atoms with van der Waals surface area (Å²) in [5.74, 6) is 2.22. The highest BCUT2D eigenvalue weighted by molar-refractivity contribution is 5.94. The van der Waals surface area contributed by atoms with Crippen LogP contribution in [-0.2, 0) is 6.42 Å². The molecule has 6 heteroatoms. The van der Waals surface area contributed by atoms with E-state index in [0.717, 1.165) is 50.5 Å². The Morgan fingerprint density at radius 1 is 0.931 bits per heavy atom. The Hall–Kier alpha value is -2.73. The summed E-state index contributed by atoms with van der Waals surface area (Å²) in [5.41, 5.74) is 2.02. The van der Waals surface area contributed by atoms with Gasteiger partial charge < -0.3 is 19.1 Å². The largest absolute Gasteiger partial charge is 0.493 e. The minimum atomic E-state index is 0.119. The quantitative estimate of drug-likeness (QED) is 0.684. The molecular weight excluding hydrogens is 368 g/mol. The van der Waals surface area contributed by atoms with Crippen LogP contribution in [0.25, 0.3) is 0 Å². The standard InChI is InChI=1S/C23H30N2O4/c1-4-18-5-7-19(8-6-18)23(26)25-13-11-24(12-14-25)15-16-29-20-9-10-21(27-2)22(17-20)28-3/h5-10,17H,4,11-16H2,1-3H3. The second-order valence-electron chi connectivity index (χ2n) is 7.05. The molecule has 0 radical (unpaired) electrons. The van der Waals surface area contributed by atoms with Gasteiger partial charge in [0.15, 0.2) is 11.5 Å². The Morgan fingerprint density at radius 2 is 1.62 bits per heavy atom. The first-order chi connectivity index (χ1) is 14.1. The molecular formula is C23H30N2O4. The molecule has 6 nitrogen and oxygen atoms in total. The number of ether oxygens (including phenoxy) is 3. The van der Waals surface area contributed by atoms with Crippen molar-refractivity contribution in [3.8, 4) is 17.2 Å². The number of rotatable bonds is 8. The predicted molar refractivity (Wildman–Crippen MR) is 113 cm³/mol. The molecule has 0 atom stereocenters. The molecule has 2 aromatic rings. The Morgan fingerprint density at radius 3 is 2.24 bits per heavy atom. The van der Waals surface area contributed by atoms with Crippen molar-refractivity contribution in [3.05, 3.63) is 53.6 Å². The second-order valence-corrected chi connectivity index (χ2v) is 7.05. The van der Waals surface area contributed by atoms with Crippen molar-refractivity contribution in [2.75, 3.05) is 53.6 Å². The van der Waals surface area contributed by atoms with E-state index in [2.05, 4.69) is 11.8 Å². The highest BCUT2D eigenvalue weighted by Gasteiger charge is 2.22. The van der Waals surface area contributed by atoms with Gasteiger partial charge in [-0.3, -0.25) is 9.69 Å². The van der Waals surface area contributed by atoms with Crippen molar-refractivity contribution in [2.24, 2.45) is 0 Å². The molecule has 0 aliphatic carbocycles. The highest BCUT2D eigenvalue weighted by atomic mass is 16.5. The van der Waals surface area contributed by atoms with Gasteiger partial charge >= 0.3 is 0 Å². The van der Waals surface area contributed by atoms with Crippen molar-refractivity contribution in [1.29, 1.82) is 0 Å². The number of amides is 1. The van der Waals surface area contributed by atoms with Crippen LogP contribution in [-0.4, -0.2) is 69.3 Å². The topological polar surface area (TPSA) is 51.2 Å². The van der Waals surface area contributed by atoms with Crippen LogP contribution in [0.5, 0.6) is 17.2 Å². The van der Waals surface area contributed by atoms with Crippen LogP contribution in [0.2, 0.25) is 0 Å². The average molecular weight is 399 g/mol. The van der Waals surface area contributed by atoms with Gasteiger partial charge in [0, 0.05) is 44.4 Å². The molecule has 0 aromatic heterocycles. The van der Waals surface area contributed by atoms with Gasteiger partial charge in [0.25, 0.3) is 5.91 Å². The van der Waals surface area contributed by atoms with Gasteiger partial charge in [-0.2, -0.15) is 0 Å². The van der Waals surface area contributed by atoms with E-state index in [9.17, 15) is 4.79 Å². The molecule has 0 unspecified atom stereocenters. The third-order valence-electron chi connectivity index (χ3n) is 5.30. The van der Waals surface area contributed by atoms with Crippen LogP contribution in [0.1, 0.15) is 22.8 Å². The molecule has 1 heterocycles. The number of hydrogen-bond acceptors (Lipinski definition) is 5. The monoisotopic (exact) mass is 398 g/mol. The summed E-state index contributed by atoms with van der Waals surface area (Å²) < 4.78 is 16.4. The zero-order chi connectivity index (χ0) is 20.6. The van der Waals surface area contributed by atoms with Crippen molar-refractivity contribution >= 4 is 5.91 Å². The zero-order valence-electron chi connectivity index (χ0n) is 17.5. The van der Waals surface area contributed by atoms with E-state index in [4.69, 9.17) is 14.2 Å². The highest BCUT2D eigenvalue weighted by Crippen LogP contribution is 2.30. The number of carbonyl (C=O) groups excluding carboxylic acids is 1. The summed E-state index contributed by atoms with van der Waals surface area (Å²) in [6, 6.07) is 13.5. The Labute approximate surface area is 173 Å². The van der Waals surface area contributed by atoms with Crippen molar-refractivity contribution < 1.29 is 19.0 Å². The first-order valence-corrected chi connectivity index (χ1v) is 10.1. The van der Waals surface area contributed by atoms with Crippen LogP contribution in [0.3, 0.4) is 0 Å². The maximum atomic E-state index is 12.7. The average Bonchev–Trinajstić information content (AvgIpc) is 2.79. The summed E-state index contributed by atoms with van der Waals surface area (Å²) in [6.45, 7) is 6.71. The Kier molecular flexibility index (Phi) is 7.36. The lowest BCUT2D eigenvalue weighted by molar-refractivity contribution is 0.0620. The van der Waals surface area contributed by atoms with Crippen LogP contribution in [0, 0.1) is 0 Å². The van der Waals surface area contributed by atoms with E-state index in [1.54, 1.807) is 14.2 Å². The molecule has 0 spiro atoms. The van der Waals surface area contributed by atoms with Gasteiger partial charge in [-0.05, 0) is 36.2 Å². The molecule has 1 aliphatic heterocycles. The molecule has 0 saturated carbocycles. The molecule has 1 amide bonds. The third kappa shape index (κ3) is 5.41. The van der Waals surface area contributed by atoms with Gasteiger partial charge in [0.2, 0.25) is 0 Å². The second kappa shape index (κ2) is 10.2. The van der Waals surface area contributed by atoms with Gasteiger partial charge in [-0.25, -0.2) is 0 Å². The number of aryl methyl sites for hydroxylation is 1. The molecule has 0 bridgehead atoms. The van der Waals surface area contributed by atoms with E-state index in [-0.39, 0.29) is 5.91 Å². The van der Waals surface area contributed by atoms with Crippen LogP contribution in [0.15, 0.2) is 42.5 Å². The van der Waals surface area contributed by atoms with Crippen LogP contribution >= 0.6 is 0 Å². The number of benzene rings is 2. The van der Waals surface area contributed by atoms with Crippen LogP contribution < -0.4 is 14.2 Å². The van der Waals surface area contributed by atoms with Gasteiger partial charge in [0.1, 0.15) is 12.4 Å². The maximum absolute atomic E-state index is 12.7. The smallest absolute Gasteiger partial charge is 0.253 e. The molecule has 29 heavy (non-hydrogen) atoms. The van der Waals surface area contributed by atoms with Gasteiger partial charge in [0.05, 0.1) is 14.2 Å². The van der Waals surface area contributed by atoms with E-state index >= 15 is 0 Å². The molecule has 2 aromatic carbocycles. The Balaban J connectivity index is 1.43. The SMILES string of the molecule is CCc1ccc(C(=O)N2CCN(CCOc3ccc(OC)c(OC)c3)CC2)cc1. The summed E-state index contributed by atoms with van der Waals surface area (Å²) >= 11 is 0. The summed E-state index contributed by atoms with van der Waals surface area (Å²) in [5, 5.41) is 0. The normalized spacial score (nSPS) is 14.5.